The standard InChI is InChI=1S/C23H26F3N9O2S/c1-15-8-21(30-27-11-15)35-19-9-16(2)18(10-17(19)12-29-35)20-14-34(7-6-33(20)5-4-23(24,25)26)38(36,37)22-13-28-32(3)31-22/h8-13,20H,4-7,14H2,1-3H3. The average molecular weight is 550 g/mol. The van der Waals surface area contributed by atoms with Crippen molar-refractivity contribution in [2.24, 2.45) is 7.05 Å². The van der Waals surface area contributed by atoms with Crippen LogP contribution in [-0.2, 0) is 17.1 Å². The minimum absolute atomic E-state index is 0.0272. The first-order valence-electron chi connectivity index (χ1n) is 11.9. The molecule has 0 saturated carbocycles. The highest BCUT2D eigenvalue weighted by Crippen LogP contribution is 2.34. The second-order valence-electron chi connectivity index (χ2n) is 9.37. The van der Waals surface area contributed by atoms with Gasteiger partial charge in [-0.05, 0) is 48.7 Å². The molecular weight excluding hydrogens is 523 g/mol. The van der Waals surface area contributed by atoms with E-state index in [9.17, 15) is 21.6 Å². The van der Waals surface area contributed by atoms with Crippen molar-refractivity contribution < 1.29 is 21.6 Å². The van der Waals surface area contributed by atoms with Crippen molar-refractivity contribution in [2.75, 3.05) is 26.2 Å². The molecule has 5 rings (SSSR count). The summed E-state index contributed by atoms with van der Waals surface area (Å²) < 4.78 is 68.9. The predicted molar refractivity (Wildman–Crippen MR) is 131 cm³/mol. The lowest BCUT2D eigenvalue weighted by atomic mass is 9.96. The fourth-order valence-electron chi connectivity index (χ4n) is 4.71. The maximum absolute atomic E-state index is 13.3. The number of rotatable bonds is 6. The van der Waals surface area contributed by atoms with Crippen molar-refractivity contribution in [1.29, 1.82) is 0 Å². The Morgan fingerprint density at radius 3 is 2.53 bits per heavy atom. The molecule has 0 aliphatic carbocycles. The first-order chi connectivity index (χ1) is 17.9. The van der Waals surface area contributed by atoms with Crippen LogP contribution < -0.4 is 0 Å². The van der Waals surface area contributed by atoms with Crippen LogP contribution in [0, 0.1) is 13.8 Å². The number of halogens is 3. The maximum atomic E-state index is 13.3. The van der Waals surface area contributed by atoms with Gasteiger partial charge in [0, 0.05) is 44.7 Å². The summed E-state index contributed by atoms with van der Waals surface area (Å²) >= 11 is 0. The number of alkyl halides is 3. The molecule has 0 radical (unpaired) electrons. The Morgan fingerprint density at radius 1 is 1.05 bits per heavy atom. The van der Waals surface area contributed by atoms with E-state index in [0.717, 1.165) is 32.4 Å². The molecule has 3 aromatic heterocycles. The molecule has 0 N–H and O–H groups in total. The van der Waals surface area contributed by atoms with Crippen LogP contribution in [0.4, 0.5) is 13.2 Å². The highest BCUT2D eigenvalue weighted by molar-refractivity contribution is 7.89. The third-order valence-corrected chi connectivity index (χ3v) is 8.36. The van der Waals surface area contributed by atoms with Crippen LogP contribution in [0.5, 0.6) is 0 Å². The molecule has 1 aromatic carbocycles. The first-order valence-corrected chi connectivity index (χ1v) is 13.3. The SMILES string of the molecule is Cc1cnnc(-n2ncc3cc(C4CN(S(=O)(=O)c5cnn(C)n5)CCN4CCC(F)(F)F)c(C)cc32)c1. The molecule has 1 atom stereocenters. The fraction of sp³-hybridized carbons (Fsp3) is 0.435. The molecule has 15 heteroatoms. The zero-order valence-corrected chi connectivity index (χ0v) is 21.8. The molecule has 1 aliphatic rings. The lowest BCUT2D eigenvalue weighted by Crippen LogP contribution is -2.51. The summed E-state index contributed by atoms with van der Waals surface area (Å²) in [6.07, 6.45) is -0.870. The summed E-state index contributed by atoms with van der Waals surface area (Å²) in [7, 11) is -2.47. The zero-order chi connectivity index (χ0) is 27.2. The van der Waals surface area contributed by atoms with Gasteiger partial charge >= 0.3 is 6.18 Å². The Labute approximate surface area is 216 Å². The summed E-state index contributed by atoms with van der Waals surface area (Å²) in [5.41, 5.74) is 3.20. The molecule has 0 bridgehead atoms. The smallest absolute Gasteiger partial charge is 0.293 e. The van der Waals surface area contributed by atoms with Gasteiger partial charge in [0.25, 0.3) is 10.0 Å². The number of fused-ring (bicyclic) bond motifs is 1. The minimum Gasteiger partial charge on any atom is -0.293 e. The summed E-state index contributed by atoms with van der Waals surface area (Å²) in [6.45, 7) is 3.65. The van der Waals surface area contributed by atoms with Gasteiger partial charge < -0.3 is 0 Å². The molecule has 4 heterocycles. The molecule has 11 nitrogen and oxygen atoms in total. The van der Waals surface area contributed by atoms with Crippen LogP contribution >= 0.6 is 0 Å². The van der Waals surface area contributed by atoms with E-state index >= 15 is 0 Å². The number of piperazine rings is 1. The largest absolute Gasteiger partial charge is 0.390 e. The van der Waals surface area contributed by atoms with E-state index in [1.807, 2.05) is 32.0 Å². The molecule has 4 aromatic rings. The highest BCUT2D eigenvalue weighted by Gasteiger charge is 2.38. The van der Waals surface area contributed by atoms with E-state index in [1.165, 1.54) is 17.5 Å². The summed E-state index contributed by atoms with van der Waals surface area (Å²) in [4.78, 5) is 2.85. The first kappa shape index (κ1) is 26.2. The van der Waals surface area contributed by atoms with Crippen molar-refractivity contribution in [3.63, 3.8) is 0 Å². The van der Waals surface area contributed by atoms with Crippen LogP contribution in [0.2, 0.25) is 0 Å². The predicted octanol–water partition coefficient (Wildman–Crippen LogP) is 2.56. The molecule has 1 aliphatic heterocycles. The fourth-order valence-corrected chi connectivity index (χ4v) is 6.04. The second kappa shape index (κ2) is 9.71. The number of aryl methyl sites for hydroxylation is 3. The van der Waals surface area contributed by atoms with Gasteiger partial charge in [0.05, 0.1) is 30.5 Å². The van der Waals surface area contributed by atoms with Gasteiger partial charge in [-0.25, -0.2) is 13.1 Å². The topological polar surface area (TPSA) is 115 Å². The Hall–Kier alpha value is -3.43. The number of aromatic nitrogens is 7. The van der Waals surface area contributed by atoms with E-state index in [-0.39, 0.29) is 31.2 Å². The third kappa shape index (κ3) is 5.13. The molecule has 1 unspecified atom stereocenters. The third-order valence-electron chi connectivity index (χ3n) is 6.63. The van der Waals surface area contributed by atoms with E-state index < -0.39 is 28.7 Å². The van der Waals surface area contributed by atoms with Gasteiger partial charge in [-0.1, -0.05) is 0 Å². The second-order valence-corrected chi connectivity index (χ2v) is 11.3. The average Bonchev–Trinajstić information content (AvgIpc) is 3.48. The van der Waals surface area contributed by atoms with Crippen LogP contribution in [0.15, 0.2) is 41.8 Å². The van der Waals surface area contributed by atoms with Crippen molar-refractivity contribution in [3.05, 3.63) is 53.5 Å². The van der Waals surface area contributed by atoms with Gasteiger partial charge in [-0.2, -0.15) is 37.6 Å². The Morgan fingerprint density at radius 2 is 1.84 bits per heavy atom. The number of benzene rings is 1. The quantitative estimate of drug-likeness (QED) is 0.361. The molecule has 0 amide bonds. The molecular formula is C23H26F3N9O2S. The lowest BCUT2D eigenvalue weighted by Gasteiger charge is -2.41. The van der Waals surface area contributed by atoms with E-state index in [1.54, 1.807) is 22.0 Å². The summed E-state index contributed by atoms with van der Waals surface area (Å²) in [6, 6.07) is 4.99. The van der Waals surface area contributed by atoms with Crippen molar-refractivity contribution in [2.45, 2.75) is 37.5 Å². The molecule has 38 heavy (non-hydrogen) atoms. The Balaban J connectivity index is 1.53. The highest BCUT2D eigenvalue weighted by atomic mass is 32.2. The Bertz CT molecular complexity index is 1580. The normalized spacial score (nSPS) is 17.9. The van der Waals surface area contributed by atoms with Crippen molar-refractivity contribution in [3.8, 4) is 5.82 Å². The van der Waals surface area contributed by atoms with E-state index in [4.69, 9.17) is 0 Å². The van der Waals surface area contributed by atoms with Gasteiger partial charge in [0.15, 0.2) is 5.82 Å². The monoisotopic (exact) mass is 549 g/mol. The van der Waals surface area contributed by atoms with E-state index in [0.29, 0.717) is 5.82 Å². The van der Waals surface area contributed by atoms with Crippen LogP contribution in [0.3, 0.4) is 0 Å². The molecule has 0 spiro atoms. The van der Waals surface area contributed by atoms with Gasteiger partial charge in [0.1, 0.15) is 0 Å². The molecule has 1 fully saturated rings. The van der Waals surface area contributed by atoms with Crippen LogP contribution in [-0.4, -0.2) is 84.9 Å². The van der Waals surface area contributed by atoms with Crippen LogP contribution in [0.1, 0.15) is 29.2 Å². The zero-order valence-electron chi connectivity index (χ0n) is 21.0. The number of hydrogen-bond acceptors (Lipinski definition) is 8. The van der Waals surface area contributed by atoms with Crippen LogP contribution in [0.25, 0.3) is 16.7 Å². The van der Waals surface area contributed by atoms with Gasteiger partial charge in [-0.3, -0.25) is 4.90 Å². The van der Waals surface area contributed by atoms with Gasteiger partial charge in [-0.15, -0.1) is 10.2 Å². The maximum Gasteiger partial charge on any atom is 0.390 e. The summed E-state index contributed by atoms with van der Waals surface area (Å²) in [5.74, 6) is 0.540. The lowest BCUT2D eigenvalue weighted by molar-refractivity contribution is -0.140. The van der Waals surface area contributed by atoms with Crippen molar-refractivity contribution in [1.82, 2.24) is 44.2 Å². The number of nitrogens with zero attached hydrogens (tertiary/aromatic N) is 9. The molecule has 1 saturated heterocycles. The summed E-state index contributed by atoms with van der Waals surface area (Å²) in [5, 5.41) is 20.9. The Kier molecular flexibility index (Phi) is 6.69. The van der Waals surface area contributed by atoms with Crippen molar-refractivity contribution >= 4 is 20.9 Å². The number of sulfonamides is 1. The molecule has 202 valence electrons. The minimum atomic E-state index is -4.33. The number of hydrogen-bond donors (Lipinski definition) is 0. The van der Waals surface area contributed by atoms with E-state index in [2.05, 4.69) is 25.5 Å². The van der Waals surface area contributed by atoms with Gasteiger partial charge in [0.2, 0.25) is 5.03 Å².